The molecular weight excluding hydrogens is 402 g/mol. The number of anilines is 1. The van der Waals surface area contributed by atoms with E-state index in [0.29, 0.717) is 25.3 Å². The van der Waals surface area contributed by atoms with Gasteiger partial charge in [-0.2, -0.15) is 0 Å². The average molecular weight is 423 g/mol. The number of rotatable bonds is 7. The Bertz CT molecular complexity index is 1130. The summed E-state index contributed by atoms with van der Waals surface area (Å²) >= 11 is 0. The molecule has 1 N–H and O–H groups in total. The van der Waals surface area contributed by atoms with Gasteiger partial charge in [0.05, 0.1) is 10.6 Å². The maximum atomic E-state index is 13.0. The summed E-state index contributed by atoms with van der Waals surface area (Å²) in [5.74, 6) is 0.159. The van der Waals surface area contributed by atoms with Crippen molar-refractivity contribution in [3.63, 3.8) is 0 Å². The number of amides is 1. The molecule has 1 aliphatic heterocycles. The fourth-order valence-electron chi connectivity index (χ4n) is 3.29. The number of hydrogen-bond donors (Lipinski definition) is 1. The van der Waals surface area contributed by atoms with E-state index < -0.39 is 10.0 Å². The van der Waals surface area contributed by atoms with Crippen LogP contribution in [0, 0.1) is 0 Å². The van der Waals surface area contributed by atoms with E-state index in [1.54, 1.807) is 24.5 Å². The van der Waals surface area contributed by atoms with Crippen LogP contribution in [-0.2, 0) is 27.8 Å². The van der Waals surface area contributed by atoms with Gasteiger partial charge in [0.2, 0.25) is 0 Å². The van der Waals surface area contributed by atoms with Gasteiger partial charge in [-0.15, -0.1) is 0 Å². The van der Waals surface area contributed by atoms with Crippen LogP contribution in [0.25, 0.3) is 0 Å². The molecular formula is C22H21N3O4S. The Morgan fingerprint density at radius 3 is 2.53 bits per heavy atom. The molecule has 4 rings (SSSR count). The Balaban J connectivity index is 1.35. The molecule has 0 radical (unpaired) electrons. The minimum absolute atomic E-state index is 0.156. The van der Waals surface area contributed by atoms with Crippen molar-refractivity contribution in [3.8, 4) is 5.75 Å². The number of hydrogen-bond acceptors (Lipinski definition) is 5. The monoisotopic (exact) mass is 423 g/mol. The third kappa shape index (κ3) is 4.28. The fraction of sp³-hybridized carbons (Fsp3) is 0.182. The molecule has 1 aliphatic rings. The summed E-state index contributed by atoms with van der Waals surface area (Å²) in [7, 11) is -3.65. The Kier molecular flexibility index (Phi) is 5.67. The van der Waals surface area contributed by atoms with Crippen molar-refractivity contribution < 1.29 is 17.9 Å². The van der Waals surface area contributed by atoms with Gasteiger partial charge in [-0.05, 0) is 60.0 Å². The second-order valence-corrected chi connectivity index (χ2v) is 8.71. The van der Waals surface area contributed by atoms with E-state index in [1.807, 2.05) is 36.4 Å². The van der Waals surface area contributed by atoms with Gasteiger partial charge >= 0.3 is 0 Å². The Morgan fingerprint density at radius 1 is 1.03 bits per heavy atom. The molecule has 2 aromatic carbocycles. The molecule has 0 aliphatic carbocycles. The largest absolute Gasteiger partial charge is 0.484 e. The molecule has 0 atom stereocenters. The summed E-state index contributed by atoms with van der Waals surface area (Å²) in [6, 6.07) is 17.3. The van der Waals surface area contributed by atoms with Gasteiger partial charge in [0.25, 0.3) is 15.9 Å². The number of carbonyl (C=O) groups excluding carboxylic acids is 1. The number of pyridine rings is 1. The maximum absolute atomic E-state index is 13.0. The third-order valence-electron chi connectivity index (χ3n) is 4.87. The molecule has 0 bridgehead atoms. The number of nitrogens with one attached hydrogen (secondary N) is 1. The second kappa shape index (κ2) is 8.54. The van der Waals surface area contributed by atoms with Crippen molar-refractivity contribution in [3.05, 3.63) is 84.2 Å². The topological polar surface area (TPSA) is 88.6 Å². The number of benzene rings is 2. The highest BCUT2D eigenvalue weighted by Crippen LogP contribution is 2.32. The van der Waals surface area contributed by atoms with Gasteiger partial charge in [0, 0.05) is 25.5 Å². The zero-order valence-corrected chi connectivity index (χ0v) is 17.0. The van der Waals surface area contributed by atoms with Crippen LogP contribution in [0.1, 0.15) is 11.1 Å². The molecule has 0 unspecified atom stereocenters. The molecule has 30 heavy (non-hydrogen) atoms. The van der Waals surface area contributed by atoms with E-state index in [4.69, 9.17) is 4.74 Å². The summed E-state index contributed by atoms with van der Waals surface area (Å²) in [6.07, 6.45) is 4.02. The smallest absolute Gasteiger partial charge is 0.264 e. The fourth-order valence-corrected chi connectivity index (χ4v) is 4.80. The molecule has 1 aromatic heterocycles. The Morgan fingerprint density at radius 2 is 1.77 bits per heavy atom. The number of nitrogens with zero attached hydrogens (tertiary/aromatic N) is 2. The minimum atomic E-state index is -3.65. The van der Waals surface area contributed by atoms with Crippen molar-refractivity contribution in [2.24, 2.45) is 0 Å². The molecule has 7 nitrogen and oxygen atoms in total. The van der Waals surface area contributed by atoms with Crippen LogP contribution in [0.3, 0.4) is 0 Å². The number of fused-ring (bicyclic) bond motifs is 1. The van der Waals surface area contributed by atoms with Crippen LogP contribution >= 0.6 is 0 Å². The molecule has 0 spiro atoms. The van der Waals surface area contributed by atoms with E-state index in [0.717, 1.165) is 16.8 Å². The van der Waals surface area contributed by atoms with Gasteiger partial charge in [-0.1, -0.05) is 18.2 Å². The first-order valence-corrected chi connectivity index (χ1v) is 11.0. The van der Waals surface area contributed by atoms with E-state index in [1.165, 1.54) is 16.4 Å². The van der Waals surface area contributed by atoms with E-state index in [2.05, 4.69) is 10.3 Å². The lowest BCUT2D eigenvalue weighted by molar-refractivity contribution is -0.123. The lowest BCUT2D eigenvalue weighted by Crippen LogP contribution is -2.29. The highest BCUT2D eigenvalue weighted by Gasteiger charge is 2.30. The number of carbonyl (C=O) groups is 1. The molecule has 154 valence electrons. The number of ether oxygens (including phenoxy) is 1. The van der Waals surface area contributed by atoms with Crippen molar-refractivity contribution in [2.75, 3.05) is 17.5 Å². The molecule has 0 saturated carbocycles. The van der Waals surface area contributed by atoms with Crippen LogP contribution in [0.15, 0.2) is 78.0 Å². The Labute approximate surface area is 175 Å². The van der Waals surface area contributed by atoms with Crippen LogP contribution in [0.5, 0.6) is 5.75 Å². The van der Waals surface area contributed by atoms with Gasteiger partial charge < -0.3 is 10.1 Å². The zero-order valence-electron chi connectivity index (χ0n) is 16.2. The molecule has 2 heterocycles. The second-order valence-electron chi connectivity index (χ2n) is 6.85. The van der Waals surface area contributed by atoms with Gasteiger partial charge in [-0.3, -0.25) is 14.1 Å². The number of para-hydroxylation sites is 1. The van der Waals surface area contributed by atoms with Gasteiger partial charge in [-0.25, -0.2) is 8.42 Å². The average Bonchev–Trinajstić information content (AvgIpc) is 3.22. The van der Waals surface area contributed by atoms with Crippen molar-refractivity contribution in [2.45, 2.75) is 17.9 Å². The minimum Gasteiger partial charge on any atom is -0.484 e. The van der Waals surface area contributed by atoms with Crippen LogP contribution in [0.4, 0.5) is 5.69 Å². The van der Waals surface area contributed by atoms with Crippen LogP contribution < -0.4 is 14.4 Å². The molecule has 8 heteroatoms. The molecule has 1 amide bonds. The summed E-state index contributed by atoms with van der Waals surface area (Å²) in [5.41, 5.74) is 2.69. The predicted molar refractivity (Wildman–Crippen MR) is 113 cm³/mol. The summed E-state index contributed by atoms with van der Waals surface area (Å²) in [5, 5.41) is 2.76. The summed E-state index contributed by atoms with van der Waals surface area (Å²) < 4.78 is 32.9. The van der Waals surface area contributed by atoms with E-state index in [9.17, 15) is 13.2 Å². The molecule has 3 aromatic rings. The summed E-state index contributed by atoms with van der Waals surface area (Å²) in [6.45, 7) is 0.660. The van der Waals surface area contributed by atoms with Gasteiger partial charge in [0.1, 0.15) is 5.75 Å². The van der Waals surface area contributed by atoms with Crippen molar-refractivity contribution >= 4 is 21.6 Å². The van der Waals surface area contributed by atoms with Crippen molar-refractivity contribution in [1.29, 1.82) is 0 Å². The molecule has 0 saturated heterocycles. The molecule has 0 fully saturated rings. The normalized spacial score (nSPS) is 13.0. The SMILES string of the molecule is O=C(COc1ccc(S(=O)(=O)N2CCc3ccccc32)cc1)NCc1ccncc1. The first-order valence-electron chi connectivity index (χ1n) is 9.53. The highest BCUT2D eigenvalue weighted by molar-refractivity contribution is 7.92. The Hall–Kier alpha value is -3.39. The predicted octanol–water partition coefficient (Wildman–Crippen LogP) is 2.53. The standard InChI is InChI=1S/C22H21N3O4S/c26-22(24-15-17-9-12-23-13-10-17)16-29-19-5-7-20(8-6-19)30(27,28)25-14-11-18-3-1-2-4-21(18)25/h1-10,12-13H,11,14-16H2,(H,24,26). The van der Waals surface area contributed by atoms with Crippen LogP contribution in [-0.4, -0.2) is 32.5 Å². The lowest BCUT2D eigenvalue weighted by Gasteiger charge is -2.19. The maximum Gasteiger partial charge on any atom is 0.264 e. The van der Waals surface area contributed by atoms with Gasteiger partial charge in [0.15, 0.2) is 6.61 Å². The first-order chi connectivity index (χ1) is 14.5. The quantitative estimate of drug-likeness (QED) is 0.631. The van der Waals surface area contributed by atoms with E-state index >= 15 is 0 Å². The third-order valence-corrected chi connectivity index (χ3v) is 6.69. The van der Waals surface area contributed by atoms with Crippen molar-refractivity contribution in [1.82, 2.24) is 10.3 Å². The van der Waals surface area contributed by atoms with Crippen LogP contribution in [0.2, 0.25) is 0 Å². The number of sulfonamides is 1. The zero-order chi connectivity index (χ0) is 21.0. The highest BCUT2D eigenvalue weighted by atomic mass is 32.2. The lowest BCUT2D eigenvalue weighted by atomic mass is 10.2. The number of aromatic nitrogens is 1. The first kappa shape index (κ1) is 19.9. The summed E-state index contributed by atoms with van der Waals surface area (Å²) in [4.78, 5) is 16.1. The van der Waals surface area contributed by atoms with E-state index in [-0.39, 0.29) is 17.4 Å².